The first kappa shape index (κ1) is 14.2. The molecular formula is C17H11FN2OS. The molecule has 3 aromatic rings. The summed E-state index contributed by atoms with van der Waals surface area (Å²) in [7, 11) is 0. The van der Waals surface area contributed by atoms with E-state index in [2.05, 4.69) is 22.1 Å². The van der Waals surface area contributed by atoms with Gasteiger partial charge in [-0.1, -0.05) is 36.1 Å². The summed E-state index contributed by atoms with van der Waals surface area (Å²) in [5.41, 5.74) is 1.12. The fraction of sp³-hybridized carbons (Fsp3) is 0.0588. The highest BCUT2D eigenvalue weighted by molar-refractivity contribution is 7.20. The Kier molecular flexibility index (Phi) is 4.12. The third-order valence-corrected chi connectivity index (χ3v) is 3.96. The molecule has 0 bridgehead atoms. The van der Waals surface area contributed by atoms with E-state index in [9.17, 15) is 9.18 Å². The molecule has 1 N–H and O–H groups in total. The quantitative estimate of drug-likeness (QED) is 0.739. The Morgan fingerprint density at radius 2 is 1.95 bits per heavy atom. The summed E-state index contributed by atoms with van der Waals surface area (Å²) in [6, 6.07) is 13.8. The molecule has 1 amide bonds. The number of amides is 1. The van der Waals surface area contributed by atoms with Crippen molar-refractivity contribution in [2.45, 2.75) is 0 Å². The number of fused-ring (bicyclic) bond motifs is 1. The predicted molar refractivity (Wildman–Crippen MR) is 85.2 cm³/mol. The predicted octanol–water partition coefficient (Wildman–Crippen LogP) is 3.22. The molecule has 0 aliphatic carbocycles. The largest absolute Gasteiger partial charge is 0.339 e. The fourth-order valence-electron chi connectivity index (χ4n) is 1.87. The molecule has 2 aromatic carbocycles. The van der Waals surface area contributed by atoms with Crippen molar-refractivity contribution in [3.05, 3.63) is 64.9 Å². The standard InChI is InChI=1S/C17H11FN2OS/c18-13-8-2-1-6-12(13)7-5-11-19-16(21)17-20-14-9-3-4-10-15(14)22-17/h1-4,6,8-10H,11H2,(H,19,21). The molecule has 1 heterocycles. The van der Waals surface area contributed by atoms with Crippen LogP contribution < -0.4 is 5.32 Å². The number of nitrogens with one attached hydrogen (secondary N) is 1. The molecular weight excluding hydrogens is 299 g/mol. The number of rotatable bonds is 2. The molecule has 0 saturated carbocycles. The lowest BCUT2D eigenvalue weighted by molar-refractivity contribution is 0.0958. The van der Waals surface area contributed by atoms with Gasteiger partial charge in [0.25, 0.3) is 5.91 Å². The molecule has 0 fully saturated rings. The average molecular weight is 310 g/mol. The summed E-state index contributed by atoms with van der Waals surface area (Å²) in [6.45, 7) is 0.142. The third-order valence-electron chi connectivity index (χ3n) is 2.92. The molecule has 22 heavy (non-hydrogen) atoms. The van der Waals surface area contributed by atoms with Crippen molar-refractivity contribution in [1.29, 1.82) is 0 Å². The number of carbonyl (C=O) groups is 1. The Balaban J connectivity index is 1.65. The van der Waals surface area contributed by atoms with Gasteiger partial charge in [-0.05, 0) is 24.3 Å². The van der Waals surface area contributed by atoms with Crippen LogP contribution in [-0.2, 0) is 0 Å². The second-order valence-electron chi connectivity index (χ2n) is 4.45. The van der Waals surface area contributed by atoms with Crippen molar-refractivity contribution in [2.24, 2.45) is 0 Å². The SMILES string of the molecule is O=C(NCC#Cc1ccccc1F)c1nc2ccccc2s1. The van der Waals surface area contributed by atoms with Crippen LogP contribution in [0.1, 0.15) is 15.4 Å². The van der Waals surface area contributed by atoms with Crippen LogP contribution in [0, 0.1) is 17.7 Å². The first-order valence-corrected chi connectivity index (χ1v) is 7.43. The number of hydrogen-bond acceptors (Lipinski definition) is 3. The zero-order valence-corrected chi connectivity index (χ0v) is 12.3. The van der Waals surface area contributed by atoms with E-state index in [1.54, 1.807) is 18.2 Å². The molecule has 108 valence electrons. The second-order valence-corrected chi connectivity index (χ2v) is 5.48. The molecule has 1 aromatic heterocycles. The van der Waals surface area contributed by atoms with Gasteiger partial charge in [-0.25, -0.2) is 9.37 Å². The summed E-state index contributed by atoms with van der Waals surface area (Å²) in [4.78, 5) is 16.2. The highest BCUT2D eigenvalue weighted by atomic mass is 32.1. The number of carbonyl (C=O) groups excluding carboxylic acids is 1. The number of hydrogen-bond donors (Lipinski definition) is 1. The molecule has 3 nitrogen and oxygen atoms in total. The van der Waals surface area contributed by atoms with Crippen LogP contribution in [0.25, 0.3) is 10.2 Å². The minimum atomic E-state index is -0.368. The Morgan fingerprint density at radius 3 is 2.77 bits per heavy atom. The van der Waals surface area contributed by atoms with E-state index < -0.39 is 0 Å². The molecule has 0 atom stereocenters. The Bertz CT molecular complexity index is 859. The van der Waals surface area contributed by atoms with Crippen LogP contribution in [0.3, 0.4) is 0 Å². The molecule has 0 spiro atoms. The van der Waals surface area contributed by atoms with E-state index in [0.717, 1.165) is 10.2 Å². The minimum absolute atomic E-state index is 0.142. The monoisotopic (exact) mass is 310 g/mol. The highest BCUT2D eigenvalue weighted by Crippen LogP contribution is 2.21. The van der Waals surface area contributed by atoms with E-state index in [1.165, 1.54) is 17.4 Å². The summed E-state index contributed by atoms with van der Waals surface area (Å²) in [5, 5.41) is 3.06. The number of aromatic nitrogens is 1. The van der Waals surface area contributed by atoms with Crippen molar-refractivity contribution in [2.75, 3.05) is 6.54 Å². The van der Waals surface area contributed by atoms with Crippen molar-refractivity contribution >= 4 is 27.5 Å². The van der Waals surface area contributed by atoms with Gasteiger partial charge >= 0.3 is 0 Å². The smallest absolute Gasteiger partial charge is 0.281 e. The van der Waals surface area contributed by atoms with Gasteiger partial charge in [-0.15, -0.1) is 11.3 Å². The Hall–Kier alpha value is -2.71. The van der Waals surface area contributed by atoms with E-state index in [0.29, 0.717) is 10.6 Å². The Morgan fingerprint density at radius 1 is 1.18 bits per heavy atom. The van der Waals surface area contributed by atoms with Crippen LogP contribution in [0.2, 0.25) is 0 Å². The van der Waals surface area contributed by atoms with E-state index in [-0.39, 0.29) is 18.3 Å². The number of para-hydroxylation sites is 1. The van der Waals surface area contributed by atoms with Gasteiger partial charge in [-0.2, -0.15) is 0 Å². The first-order valence-electron chi connectivity index (χ1n) is 6.61. The van der Waals surface area contributed by atoms with Gasteiger partial charge < -0.3 is 5.32 Å². The minimum Gasteiger partial charge on any atom is -0.339 e. The number of thiazole rings is 1. The van der Waals surface area contributed by atoms with Crippen molar-refractivity contribution in [1.82, 2.24) is 10.3 Å². The van der Waals surface area contributed by atoms with Crippen molar-refractivity contribution in [3.63, 3.8) is 0 Å². The van der Waals surface area contributed by atoms with E-state index in [4.69, 9.17) is 0 Å². The lowest BCUT2D eigenvalue weighted by atomic mass is 10.2. The lowest BCUT2D eigenvalue weighted by Crippen LogP contribution is -2.23. The maximum absolute atomic E-state index is 13.4. The van der Waals surface area contributed by atoms with Crippen molar-refractivity contribution in [3.8, 4) is 11.8 Å². The second kappa shape index (κ2) is 6.37. The maximum Gasteiger partial charge on any atom is 0.281 e. The maximum atomic E-state index is 13.4. The van der Waals surface area contributed by atoms with Crippen molar-refractivity contribution < 1.29 is 9.18 Å². The fourth-order valence-corrected chi connectivity index (χ4v) is 2.75. The number of benzene rings is 2. The zero-order valence-electron chi connectivity index (χ0n) is 11.5. The molecule has 0 saturated heterocycles. The van der Waals surface area contributed by atoms with Gasteiger partial charge in [0.1, 0.15) is 5.82 Å². The summed E-state index contributed by atoms with van der Waals surface area (Å²) >= 11 is 1.33. The van der Waals surface area contributed by atoms with Crippen LogP contribution in [0.15, 0.2) is 48.5 Å². The van der Waals surface area contributed by atoms with Gasteiger partial charge in [0, 0.05) is 0 Å². The van der Waals surface area contributed by atoms with Gasteiger partial charge in [0.05, 0.1) is 22.3 Å². The number of halogens is 1. The van der Waals surface area contributed by atoms with Crippen LogP contribution in [0.4, 0.5) is 4.39 Å². The summed E-state index contributed by atoms with van der Waals surface area (Å²) < 4.78 is 14.3. The summed E-state index contributed by atoms with van der Waals surface area (Å²) in [5.74, 6) is 4.78. The average Bonchev–Trinajstić information content (AvgIpc) is 2.97. The van der Waals surface area contributed by atoms with Gasteiger partial charge in [-0.3, -0.25) is 4.79 Å². The normalized spacial score (nSPS) is 10.0. The summed E-state index contributed by atoms with van der Waals surface area (Å²) in [6.07, 6.45) is 0. The van der Waals surface area contributed by atoms with Gasteiger partial charge in [0.2, 0.25) is 0 Å². The van der Waals surface area contributed by atoms with Crippen LogP contribution >= 0.6 is 11.3 Å². The third kappa shape index (κ3) is 3.13. The molecule has 0 radical (unpaired) electrons. The molecule has 3 rings (SSSR count). The zero-order chi connectivity index (χ0) is 15.4. The molecule has 5 heteroatoms. The van der Waals surface area contributed by atoms with Gasteiger partial charge in [0.15, 0.2) is 5.01 Å². The topological polar surface area (TPSA) is 42.0 Å². The van der Waals surface area contributed by atoms with E-state index >= 15 is 0 Å². The van der Waals surface area contributed by atoms with E-state index in [1.807, 2.05) is 24.3 Å². The van der Waals surface area contributed by atoms with Crippen LogP contribution in [0.5, 0.6) is 0 Å². The van der Waals surface area contributed by atoms with Crippen LogP contribution in [-0.4, -0.2) is 17.4 Å². The highest BCUT2D eigenvalue weighted by Gasteiger charge is 2.10. The molecule has 0 aliphatic rings. The molecule has 0 unspecified atom stereocenters. The Labute approximate surface area is 130 Å². The molecule has 0 aliphatic heterocycles. The first-order chi connectivity index (χ1) is 10.7. The lowest BCUT2D eigenvalue weighted by Gasteiger charge is -1.96. The number of nitrogens with zero attached hydrogens (tertiary/aromatic N) is 1.